The molecule has 29 heavy (non-hydrogen) atoms. The molecular formula is C20H25F2N5O2. The molecule has 9 heteroatoms. The van der Waals surface area contributed by atoms with Crippen LogP contribution in [0.5, 0.6) is 0 Å². The largest absolute Gasteiger partial charge is 0.396 e. The van der Waals surface area contributed by atoms with E-state index in [1.54, 1.807) is 6.33 Å². The number of carbonyl (C=O) groups excluding carboxylic acids is 1. The van der Waals surface area contributed by atoms with Gasteiger partial charge in [0, 0.05) is 50.0 Å². The Hall–Kier alpha value is -2.29. The fraction of sp³-hybridized carbons (Fsp3) is 0.650. The molecule has 0 radical (unpaired) electrons. The molecule has 2 aromatic rings. The second kappa shape index (κ2) is 6.35. The van der Waals surface area contributed by atoms with Crippen LogP contribution in [0.3, 0.4) is 0 Å². The van der Waals surface area contributed by atoms with Crippen molar-refractivity contribution in [3.8, 4) is 0 Å². The standard InChI is InChI=1S/C20H25F2N5O2/c21-20(22)7-18(8-20,11-28)9-24-17(29)14-2-6-27(10-19(14)3-4-19)16-13-1-5-23-15(13)25-12-26-16/h1,5,12,14,28H,2-4,6-11H2,(H,24,29)(H,23,25,26). The van der Waals surface area contributed by atoms with Crippen LogP contribution in [0.15, 0.2) is 18.6 Å². The van der Waals surface area contributed by atoms with E-state index in [1.807, 2.05) is 12.3 Å². The van der Waals surface area contributed by atoms with Gasteiger partial charge in [-0.3, -0.25) is 4.79 Å². The summed E-state index contributed by atoms with van der Waals surface area (Å²) in [5.41, 5.74) is -0.158. The number of aromatic amines is 1. The molecule has 0 aromatic carbocycles. The number of aliphatic hydroxyl groups excluding tert-OH is 1. The van der Waals surface area contributed by atoms with Gasteiger partial charge in [0.05, 0.1) is 12.0 Å². The van der Waals surface area contributed by atoms with Crippen LogP contribution < -0.4 is 10.2 Å². The van der Waals surface area contributed by atoms with Gasteiger partial charge in [-0.05, 0) is 30.7 Å². The van der Waals surface area contributed by atoms with Gasteiger partial charge in [0.15, 0.2) is 0 Å². The van der Waals surface area contributed by atoms with Gasteiger partial charge in [-0.15, -0.1) is 0 Å². The van der Waals surface area contributed by atoms with Crippen molar-refractivity contribution in [2.45, 2.75) is 38.0 Å². The van der Waals surface area contributed by atoms with Gasteiger partial charge in [-0.25, -0.2) is 18.7 Å². The first kappa shape index (κ1) is 18.7. The van der Waals surface area contributed by atoms with Gasteiger partial charge in [0.2, 0.25) is 11.8 Å². The van der Waals surface area contributed by atoms with E-state index in [0.29, 0.717) is 13.0 Å². The highest BCUT2D eigenvalue weighted by molar-refractivity contribution is 5.87. The van der Waals surface area contributed by atoms with Crippen LogP contribution in [0.4, 0.5) is 14.6 Å². The number of aromatic nitrogens is 3. The summed E-state index contributed by atoms with van der Waals surface area (Å²) in [4.78, 5) is 26.9. The van der Waals surface area contributed by atoms with Crippen molar-refractivity contribution in [3.05, 3.63) is 18.6 Å². The van der Waals surface area contributed by atoms with Crippen LogP contribution in [0.2, 0.25) is 0 Å². The highest BCUT2D eigenvalue weighted by atomic mass is 19.3. The Morgan fingerprint density at radius 1 is 1.34 bits per heavy atom. The van der Waals surface area contributed by atoms with E-state index in [0.717, 1.165) is 36.2 Å². The Balaban J connectivity index is 1.26. The number of piperidine rings is 1. The summed E-state index contributed by atoms with van der Waals surface area (Å²) in [6.45, 7) is 1.25. The Morgan fingerprint density at radius 3 is 2.83 bits per heavy atom. The molecule has 3 aliphatic rings. The third-order valence-corrected chi connectivity index (χ3v) is 7.01. The lowest BCUT2D eigenvalue weighted by atomic mass is 9.66. The number of aliphatic hydroxyl groups is 1. The number of carbonyl (C=O) groups is 1. The van der Waals surface area contributed by atoms with E-state index in [-0.39, 0.29) is 43.2 Å². The normalized spacial score (nSPS) is 26.3. The summed E-state index contributed by atoms with van der Waals surface area (Å²) in [5, 5.41) is 13.4. The zero-order chi connectivity index (χ0) is 20.3. The quantitative estimate of drug-likeness (QED) is 0.708. The first-order valence-corrected chi connectivity index (χ1v) is 10.1. The van der Waals surface area contributed by atoms with E-state index in [1.165, 1.54) is 0 Å². The van der Waals surface area contributed by atoms with Crippen molar-refractivity contribution < 1.29 is 18.7 Å². The third kappa shape index (κ3) is 3.15. The molecule has 3 heterocycles. The first-order chi connectivity index (χ1) is 13.9. The van der Waals surface area contributed by atoms with Crippen molar-refractivity contribution in [2.24, 2.45) is 16.7 Å². The number of H-pyrrole nitrogens is 1. The second-order valence-electron chi connectivity index (χ2n) is 9.15. The molecule has 1 spiro atoms. The number of nitrogens with zero attached hydrogens (tertiary/aromatic N) is 3. The van der Waals surface area contributed by atoms with Gasteiger partial charge < -0.3 is 20.3 Å². The molecule has 1 saturated heterocycles. The Kier molecular flexibility index (Phi) is 4.10. The molecule has 1 amide bonds. The number of alkyl halides is 2. The van der Waals surface area contributed by atoms with E-state index in [9.17, 15) is 18.7 Å². The summed E-state index contributed by atoms with van der Waals surface area (Å²) in [6, 6.07) is 1.96. The van der Waals surface area contributed by atoms with Crippen molar-refractivity contribution in [1.82, 2.24) is 20.3 Å². The van der Waals surface area contributed by atoms with Crippen LogP contribution in [-0.2, 0) is 4.79 Å². The average molecular weight is 405 g/mol. The molecule has 1 aliphatic heterocycles. The summed E-state index contributed by atoms with van der Waals surface area (Å²) in [6.07, 6.45) is 5.33. The predicted molar refractivity (Wildman–Crippen MR) is 103 cm³/mol. The minimum atomic E-state index is -2.72. The molecule has 3 fully saturated rings. The zero-order valence-electron chi connectivity index (χ0n) is 16.1. The number of anilines is 1. The molecule has 3 N–H and O–H groups in total. The molecule has 0 bridgehead atoms. The van der Waals surface area contributed by atoms with E-state index >= 15 is 0 Å². The van der Waals surface area contributed by atoms with Crippen molar-refractivity contribution >= 4 is 22.8 Å². The van der Waals surface area contributed by atoms with Crippen molar-refractivity contribution in [1.29, 1.82) is 0 Å². The number of fused-ring (bicyclic) bond motifs is 1. The summed E-state index contributed by atoms with van der Waals surface area (Å²) in [5.74, 6) is -2.03. The highest BCUT2D eigenvalue weighted by Crippen LogP contribution is 2.56. The summed E-state index contributed by atoms with van der Waals surface area (Å²) < 4.78 is 26.6. The minimum Gasteiger partial charge on any atom is -0.396 e. The topological polar surface area (TPSA) is 94.1 Å². The van der Waals surface area contributed by atoms with Gasteiger partial charge in [0.1, 0.15) is 17.8 Å². The number of halogens is 2. The lowest BCUT2D eigenvalue weighted by Crippen LogP contribution is -2.56. The number of hydrogen-bond donors (Lipinski definition) is 3. The second-order valence-corrected chi connectivity index (χ2v) is 9.15. The SMILES string of the molecule is O=C(NCC1(CO)CC(F)(F)C1)C1CCN(c2ncnc3[nH]ccc23)CC12CC2. The van der Waals surface area contributed by atoms with Crippen LogP contribution in [-0.4, -0.2) is 58.1 Å². The molecule has 7 nitrogen and oxygen atoms in total. The number of nitrogens with one attached hydrogen (secondary N) is 2. The minimum absolute atomic E-state index is 0.0697. The summed E-state index contributed by atoms with van der Waals surface area (Å²) in [7, 11) is 0. The predicted octanol–water partition coefficient (Wildman–Crippen LogP) is 2.09. The van der Waals surface area contributed by atoms with Gasteiger partial charge >= 0.3 is 0 Å². The molecule has 2 saturated carbocycles. The third-order valence-electron chi connectivity index (χ3n) is 7.01. The maximum absolute atomic E-state index is 13.3. The zero-order valence-corrected chi connectivity index (χ0v) is 16.1. The maximum Gasteiger partial charge on any atom is 0.249 e. The van der Waals surface area contributed by atoms with Crippen LogP contribution in [0, 0.1) is 16.7 Å². The van der Waals surface area contributed by atoms with E-state index in [4.69, 9.17) is 0 Å². The van der Waals surface area contributed by atoms with E-state index < -0.39 is 11.3 Å². The van der Waals surface area contributed by atoms with Gasteiger partial charge in [-0.1, -0.05) is 0 Å². The molecule has 156 valence electrons. The molecule has 1 unspecified atom stereocenters. The Labute approximate surface area is 166 Å². The molecule has 2 aromatic heterocycles. The molecule has 2 aliphatic carbocycles. The Morgan fingerprint density at radius 2 is 2.14 bits per heavy atom. The summed E-state index contributed by atoms with van der Waals surface area (Å²) >= 11 is 0. The molecule has 1 atom stereocenters. The Bertz CT molecular complexity index is 934. The fourth-order valence-corrected chi connectivity index (χ4v) is 5.26. The average Bonchev–Trinajstić information content (AvgIpc) is 3.26. The van der Waals surface area contributed by atoms with Crippen LogP contribution in [0.1, 0.15) is 32.1 Å². The lowest BCUT2D eigenvalue weighted by molar-refractivity contribution is -0.175. The highest BCUT2D eigenvalue weighted by Gasteiger charge is 2.58. The first-order valence-electron chi connectivity index (χ1n) is 10.1. The maximum atomic E-state index is 13.3. The number of amides is 1. The monoisotopic (exact) mass is 405 g/mol. The fourth-order valence-electron chi connectivity index (χ4n) is 5.26. The van der Waals surface area contributed by atoms with Gasteiger partial charge in [0.25, 0.3) is 0 Å². The van der Waals surface area contributed by atoms with E-state index in [2.05, 4.69) is 25.2 Å². The van der Waals surface area contributed by atoms with Crippen molar-refractivity contribution in [2.75, 3.05) is 31.1 Å². The van der Waals surface area contributed by atoms with Crippen LogP contribution >= 0.6 is 0 Å². The van der Waals surface area contributed by atoms with Gasteiger partial charge in [-0.2, -0.15) is 0 Å². The lowest BCUT2D eigenvalue weighted by Gasteiger charge is -2.46. The van der Waals surface area contributed by atoms with Crippen molar-refractivity contribution in [3.63, 3.8) is 0 Å². The van der Waals surface area contributed by atoms with Crippen LogP contribution in [0.25, 0.3) is 11.0 Å². The molecule has 5 rings (SSSR count). The molecular weight excluding hydrogens is 380 g/mol. The number of hydrogen-bond acceptors (Lipinski definition) is 5. The smallest absolute Gasteiger partial charge is 0.249 e. The number of rotatable bonds is 5.